The van der Waals surface area contributed by atoms with Crippen molar-refractivity contribution in [1.82, 2.24) is 16.2 Å². The van der Waals surface area contributed by atoms with Gasteiger partial charge in [-0.1, -0.05) is 12.1 Å². The van der Waals surface area contributed by atoms with Gasteiger partial charge < -0.3 is 4.74 Å². The monoisotopic (exact) mass is 407 g/mol. The number of rotatable bonds is 3. The molecule has 24 heavy (non-hydrogen) atoms. The minimum atomic E-state index is -0.393. The van der Waals surface area contributed by atoms with Crippen LogP contribution in [-0.4, -0.2) is 24.0 Å². The molecule has 2 rings (SSSR count). The summed E-state index contributed by atoms with van der Waals surface area (Å²) in [5, 5.41) is 2.46. The lowest BCUT2D eigenvalue weighted by molar-refractivity contribution is 0.0934. The number of thiocarbonyl (C=S) groups is 1. The molecule has 0 radical (unpaired) electrons. The molecule has 8 heteroatoms. The molecule has 6 nitrogen and oxygen atoms in total. The molecule has 2 amide bonds. The topological polar surface area (TPSA) is 79.5 Å². The zero-order valence-corrected chi connectivity index (χ0v) is 15.0. The van der Waals surface area contributed by atoms with E-state index in [9.17, 15) is 9.59 Å². The molecule has 0 heterocycles. The molecule has 0 saturated heterocycles. The molecule has 0 spiro atoms. The van der Waals surface area contributed by atoms with Crippen LogP contribution < -0.4 is 20.9 Å². The molecule has 0 aromatic heterocycles. The largest absolute Gasteiger partial charge is 0.497 e. The highest BCUT2D eigenvalue weighted by Gasteiger charge is 2.11. The second-order valence-corrected chi connectivity index (χ2v) is 5.83. The molecule has 0 saturated carbocycles. The second-order valence-electron chi connectivity index (χ2n) is 4.57. The van der Waals surface area contributed by atoms with Crippen LogP contribution in [0.15, 0.2) is 53.0 Å². The molecule has 2 aromatic carbocycles. The predicted molar refractivity (Wildman–Crippen MR) is 97.8 cm³/mol. The lowest BCUT2D eigenvalue weighted by Gasteiger charge is -2.11. The average Bonchev–Trinajstić information content (AvgIpc) is 2.60. The highest BCUT2D eigenvalue weighted by atomic mass is 79.9. The van der Waals surface area contributed by atoms with Gasteiger partial charge in [-0.2, -0.15) is 0 Å². The summed E-state index contributed by atoms with van der Waals surface area (Å²) in [4.78, 5) is 24.0. The van der Waals surface area contributed by atoms with Gasteiger partial charge in [0, 0.05) is 10.0 Å². The summed E-state index contributed by atoms with van der Waals surface area (Å²) in [5.41, 5.74) is 5.75. The molecule has 0 atom stereocenters. The lowest BCUT2D eigenvalue weighted by atomic mass is 10.2. The third kappa shape index (κ3) is 4.77. The highest BCUT2D eigenvalue weighted by molar-refractivity contribution is 9.10. The van der Waals surface area contributed by atoms with E-state index < -0.39 is 11.8 Å². The number of hydrogen-bond acceptors (Lipinski definition) is 4. The summed E-state index contributed by atoms with van der Waals surface area (Å²) in [6.07, 6.45) is 0. The Balaban J connectivity index is 1.87. The van der Waals surface area contributed by atoms with Crippen molar-refractivity contribution in [3.8, 4) is 5.75 Å². The molecule has 0 unspecified atom stereocenters. The van der Waals surface area contributed by atoms with E-state index >= 15 is 0 Å². The van der Waals surface area contributed by atoms with Gasteiger partial charge in [-0.15, -0.1) is 0 Å². The summed E-state index contributed by atoms with van der Waals surface area (Å²) in [5.74, 6) is -0.135. The minimum Gasteiger partial charge on any atom is -0.497 e. The fourth-order valence-corrected chi connectivity index (χ4v) is 2.38. The Hall–Kier alpha value is -2.45. The van der Waals surface area contributed by atoms with E-state index in [1.807, 2.05) is 0 Å². The third-order valence-corrected chi connectivity index (χ3v) is 3.88. The molecule has 0 fully saturated rings. The first-order chi connectivity index (χ1) is 11.5. The van der Waals surface area contributed by atoms with Gasteiger partial charge in [-0.25, -0.2) is 0 Å². The third-order valence-electron chi connectivity index (χ3n) is 2.99. The maximum absolute atomic E-state index is 12.1. The Morgan fingerprint density at radius 1 is 1.00 bits per heavy atom. The van der Waals surface area contributed by atoms with Crippen molar-refractivity contribution in [2.75, 3.05) is 7.11 Å². The Morgan fingerprint density at radius 3 is 2.29 bits per heavy atom. The van der Waals surface area contributed by atoms with E-state index in [0.717, 1.165) is 0 Å². The van der Waals surface area contributed by atoms with Gasteiger partial charge in [0.05, 0.1) is 12.7 Å². The number of carbonyl (C=O) groups is 2. The SMILES string of the molecule is COc1ccc(C(=O)NNC(=S)NC(=O)c2ccccc2Br)cc1. The van der Waals surface area contributed by atoms with Crippen molar-refractivity contribution in [2.24, 2.45) is 0 Å². The standard InChI is InChI=1S/C16H14BrN3O3S/c1-23-11-8-6-10(7-9-11)14(21)19-20-16(24)18-15(22)12-4-2-3-5-13(12)17/h2-9H,1H3,(H,19,21)(H2,18,20,22,24). The number of hydrazine groups is 1. The predicted octanol–water partition coefficient (Wildman–Crippen LogP) is 2.41. The molecule has 124 valence electrons. The Bertz CT molecular complexity index is 765. The number of carbonyl (C=O) groups excluding carboxylic acids is 2. The van der Waals surface area contributed by atoms with Crippen molar-refractivity contribution >= 4 is 45.1 Å². The summed E-state index contributed by atoms with van der Waals surface area (Å²) in [6, 6.07) is 13.5. The van der Waals surface area contributed by atoms with E-state index in [4.69, 9.17) is 17.0 Å². The fraction of sp³-hybridized carbons (Fsp3) is 0.0625. The van der Waals surface area contributed by atoms with Crippen LogP contribution in [0, 0.1) is 0 Å². The molecule has 2 aromatic rings. The number of benzene rings is 2. The minimum absolute atomic E-state index is 0.0161. The molecule has 0 aliphatic heterocycles. The first kappa shape index (κ1) is 17.9. The molecule has 3 N–H and O–H groups in total. The maximum atomic E-state index is 12.1. The Morgan fingerprint density at radius 2 is 1.67 bits per heavy atom. The number of ether oxygens (including phenoxy) is 1. The van der Waals surface area contributed by atoms with Crippen molar-refractivity contribution in [3.63, 3.8) is 0 Å². The first-order valence-electron chi connectivity index (χ1n) is 6.81. The van der Waals surface area contributed by atoms with Gasteiger partial charge in [0.15, 0.2) is 5.11 Å². The number of halogens is 1. The van der Waals surface area contributed by atoms with Crippen LogP contribution >= 0.6 is 28.1 Å². The fourth-order valence-electron chi connectivity index (χ4n) is 1.78. The average molecular weight is 408 g/mol. The normalized spacial score (nSPS) is 9.75. The number of hydrogen-bond donors (Lipinski definition) is 3. The van der Waals surface area contributed by atoms with Gasteiger partial charge in [-0.3, -0.25) is 25.8 Å². The molecule has 0 aliphatic carbocycles. The van der Waals surface area contributed by atoms with Crippen molar-refractivity contribution in [1.29, 1.82) is 0 Å². The smallest absolute Gasteiger partial charge is 0.269 e. The van der Waals surface area contributed by atoms with Gasteiger partial charge in [0.2, 0.25) is 0 Å². The molecular weight excluding hydrogens is 394 g/mol. The van der Waals surface area contributed by atoms with Crippen LogP contribution in [0.5, 0.6) is 5.75 Å². The highest BCUT2D eigenvalue weighted by Crippen LogP contribution is 2.15. The van der Waals surface area contributed by atoms with Gasteiger partial charge >= 0.3 is 0 Å². The maximum Gasteiger partial charge on any atom is 0.269 e. The Kier molecular flexibility index (Phi) is 6.28. The van der Waals surface area contributed by atoms with Crippen molar-refractivity contribution in [3.05, 3.63) is 64.1 Å². The summed E-state index contributed by atoms with van der Waals surface area (Å²) < 4.78 is 5.67. The van der Waals surface area contributed by atoms with Crippen LogP contribution in [0.4, 0.5) is 0 Å². The number of nitrogens with one attached hydrogen (secondary N) is 3. The van der Waals surface area contributed by atoms with Crippen LogP contribution in [-0.2, 0) is 0 Å². The number of methoxy groups -OCH3 is 1. The second kappa shape index (κ2) is 8.42. The number of amides is 2. The quantitative estimate of drug-likeness (QED) is 0.537. The van der Waals surface area contributed by atoms with E-state index in [1.54, 1.807) is 55.6 Å². The molecule has 0 aliphatic rings. The van der Waals surface area contributed by atoms with Gasteiger partial charge in [-0.05, 0) is 64.5 Å². The Labute approximate surface area is 152 Å². The van der Waals surface area contributed by atoms with E-state index in [1.165, 1.54) is 0 Å². The first-order valence-corrected chi connectivity index (χ1v) is 8.01. The summed E-state index contributed by atoms with van der Waals surface area (Å²) in [7, 11) is 1.54. The van der Waals surface area contributed by atoms with E-state index in [2.05, 4.69) is 32.1 Å². The zero-order valence-electron chi connectivity index (χ0n) is 12.6. The zero-order chi connectivity index (χ0) is 17.5. The van der Waals surface area contributed by atoms with Crippen molar-refractivity contribution in [2.45, 2.75) is 0 Å². The van der Waals surface area contributed by atoms with E-state index in [-0.39, 0.29) is 5.11 Å². The van der Waals surface area contributed by atoms with Crippen LogP contribution in [0.3, 0.4) is 0 Å². The summed E-state index contributed by atoms with van der Waals surface area (Å²) >= 11 is 8.28. The van der Waals surface area contributed by atoms with Gasteiger partial charge in [0.1, 0.15) is 5.75 Å². The summed E-state index contributed by atoms with van der Waals surface area (Å²) in [6.45, 7) is 0. The van der Waals surface area contributed by atoms with Crippen molar-refractivity contribution < 1.29 is 14.3 Å². The van der Waals surface area contributed by atoms with Crippen LogP contribution in [0.25, 0.3) is 0 Å². The van der Waals surface area contributed by atoms with E-state index in [0.29, 0.717) is 21.3 Å². The van der Waals surface area contributed by atoms with Crippen LogP contribution in [0.1, 0.15) is 20.7 Å². The molecular formula is C16H14BrN3O3S. The lowest BCUT2D eigenvalue weighted by Crippen LogP contribution is -2.48. The molecule has 0 bridgehead atoms. The van der Waals surface area contributed by atoms with Gasteiger partial charge in [0.25, 0.3) is 11.8 Å². The van der Waals surface area contributed by atoms with Crippen LogP contribution in [0.2, 0.25) is 0 Å².